The molecule has 1 N–H and O–H groups in total. The second-order valence-electron chi connectivity index (χ2n) is 6.58. The molecule has 0 aromatic heterocycles. The molecule has 2 atom stereocenters. The van der Waals surface area contributed by atoms with Crippen molar-refractivity contribution in [2.45, 2.75) is 38.8 Å². The monoisotopic (exact) mass is 293 g/mol. The summed E-state index contributed by atoms with van der Waals surface area (Å²) in [4.78, 5) is 0. The van der Waals surface area contributed by atoms with Crippen LogP contribution in [0.15, 0.2) is 18.2 Å². The Labute approximate surface area is 127 Å². The number of methoxy groups -OCH3 is 2. The molecule has 2 rings (SSSR count). The largest absolute Gasteiger partial charge is 0.497 e. The van der Waals surface area contributed by atoms with Gasteiger partial charge < -0.3 is 19.5 Å². The Hall–Kier alpha value is -1.26. The molecule has 0 saturated carbocycles. The highest BCUT2D eigenvalue weighted by atomic mass is 16.5. The third-order valence-electron chi connectivity index (χ3n) is 3.85. The summed E-state index contributed by atoms with van der Waals surface area (Å²) in [5, 5.41) is 3.58. The maximum atomic E-state index is 5.98. The third-order valence-corrected chi connectivity index (χ3v) is 3.85. The van der Waals surface area contributed by atoms with Crippen LogP contribution in [0.25, 0.3) is 0 Å². The average Bonchev–Trinajstić information content (AvgIpc) is 2.92. The first kappa shape index (κ1) is 16.1. The predicted octanol–water partition coefficient (Wildman–Crippen LogP) is 3.17. The molecule has 2 unspecified atom stereocenters. The van der Waals surface area contributed by atoms with Crippen molar-refractivity contribution < 1.29 is 14.2 Å². The van der Waals surface area contributed by atoms with E-state index in [-0.39, 0.29) is 11.6 Å². The Bertz CT molecular complexity index is 468. The Balaban J connectivity index is 2.18. The molecule has 1 aliphatic rings. The number of hydrogen-bond acceptors (Lipinski definition) is 4. The van der Waals surface area contributed by atoms with Gasteiger partial charge in [-0.3, -0.25) is 0 Å². The van der Waals surface area contributed by atoms with E-state index in [1.54, 1.807) is 14.2 Å². The lowest BCUT2D eigenvalue weighted by Gasteiger charge is -2.26. The lowest BCUT2D eigenvalue weighted by molar-refractivity contribution is 0.0865. The van der Waals surface area contributed by atoms with Crippen molar-refractivity contribution in [1.82, 2.24) is 5.32 Å². The molecule has 1 aliphatic heterocycles. The summed E-state index contributed by atoms with van der Waals surface area (Å²) >= 11 is 0. The van der Waals surface area contributed by atoms with E-state index < -0.39 is 0 Å². The number of nitrogens with one attached hydrogen (secondary N) is 1. The summed E-state index contributed by atoms with van der Waals surface area (Å²) in [5.74, 6) is 2.15. The molecule has 0 bridgehead atoms. The predicted molar refractivity (Wildman–Crippen MR) is 84.1 cm³/mol. The third kappa shape index (κ3) is 4.11. The van der Waals surface area contributed by atoms with Gasteiger partial charge in [0, 0.05) is 30.2 Å². The van der Waals surface area contributed by atoms with Gasteiger partial charge in [0.1, 0.15) is 11.5 Å². The van der Waals surface area contributed by atoms with Crippen molar-refractivity contribution in [1.29, 1.82) is 0 Å². The van der Waals surface area contributed by atoms with Crippen molar-refractivity contribution in [2.24, 2.45) is 5.92 Å². The summed E-state index contributed by atoms with van der Waals surface area (Å²) in [6.07, 6.45) is 1.12. The van der Waals surface area contributed by atoms with Gasteiger partial charge in [0.05, 0.1) is 20.3 Å². The summed E-state index contributed by atoms with van der Waals surface area (Å²) in [5.41, 5.74) is 1.20. The second kappa shape index (κ2) is 6.67. The van der Waals surface area contributed by atoms with E-state index in [0.29, 0.717) is 5.92 Å². The van der Waals surface area contributed by atoms with E-state index in [1.807, 2.05) is 18.2 Å². The van der Waals surface area contributed by atoms with Crippen LogP contribution in [0.2, 0.25) is 0 Å². The Kier molecular flexibility index (Phi) is 5.12. The number of ether oxygens (including phenoxy) is 3. The van der Waals surface area contributed by atoms with Crippen LogP contribution in [0.5, 0.6) is 11.5 Å². The van der Waals surface area contributed by atoms with Gasteiger partial charge in [0.2, 0.25) is 0 Å². The Morgan fingerprint density at radius 2 is 2.00 bits per heavy atom. The van der Waals surface area contributed by atoms with Crippen LogP contribution in [-0.2, 0) is 4.74 Å². The van der Waals surface area contributed by atoms with Crippen LogP contribution >= 0.6 is 0 Å². The number of hydrogen-bond donors (Lipinski definition) is 1. The molecule has 118 valence electrons. The highest BCUT2D eigenvalue weighted by molar-refractivity contribution is 5.42. The summed E-state index contributed by atoms with van der Waals surface area (Å²) in [6, 6.07) is 5.89. The molecule has 21 heavy (non-hydrogen) atoms. The van der Waals surface area contributed by atoms with E-state index in [2.05, 4.69) is 26.1 Å². The summed E-state index contributed by atoms with van der Waals surface area (Å²) in [7, 11) is 3.38. The van der Waals surface area contributed by atoms with E-state index in [9.17, 15) is 0 Å². The molecule has 1 aromatic carbocycles. The molecule has 1 heterocycles. The molecule has 0 amide bonds. The summed E-state index contributed by atoms with van der Waals surface area (Å²) < 4.78 is 16.8. The first-order valence-corrected chi connectivity index (χ1v) is 7.53. The maximum Gasteiger partial charge on any atom is 0.124 e. The smallest absolute Gasteiger partial charge is 0.124 e. The molecule has 0 radical (unpaired) electrons. The van der Waals surface area contributed by atoms with Crippen LogP contribution in [0, 0.1) is 5.92 Å². The first-order valence-electron chi connectivity index (χ1n) is 7.53. The first-order chi connectivity index (χ1) is 9.94. The molecular formula is C17H27NO3. The fourth-order valence-electron chi connectivity index (χ4n) is 2.69. The zero-order valence-electron chi connectivity index (χ0n) is 13.7. The lowest BCUT2D eigenvalue weighted by atomic mass is 9.93. The quantitative estimate of drug-likeness (QED) is 0.905. The minimum absolute atomic E-state index is 0.0601. The fourth-order valence-corrected chi connectivity index (χ4v) is 2.69. The van der Waals surface area contributed by atoms with Crippen LogP contribution in [0.4, 0.5) is 0 Å². The molecule has 1 aromatic rings. The van der Waals surface area contributed by atoms with Gasteiger partial charge in [-0.15, -0.1) is 0 Å². The Morgan fingerprint density at radius 1 is 1.24 bits per heavy atom. The minimum atomic E-state index is 0.0601. The Morgan fingerprint density at radius 3 is 2.62 bits per heavy atom. The van der Waals surface area contributed by atoms with Crippen molar-refractivity contribution in [3.63, 3.8) is 0 Å². The van der Waals surface area contributed by atoms with E-state index >= 15 is 0 Å². The lowest BCUT2D eigenvalue weighted by Crippen LogP contribution is -2.39. The molecule has 4 heteroatoms. The standard InChI is InChI=1S/C17H27NO3/c1-17(2,3)18-11-12-8-9-21-16(12)14-10-13(19-4)6-7-15(14)20-5/h6-7,10,12,16,18H,8-9,11H2,1-5H3. The van der Waals surface area contributed by atoms with Gasteiger partial charge in [-0.25, -0.2) is 0 Å². The van der Waals surface area contributed by atoms with Gasteiger partial charge in [-0.1, -0.05) is 0 Å². The van der Waals surface area contributed by atoms with Crippen molar-refractivity contribution in [2.75, 3.05) is 27.4 Å². The summed E-state index contributed by atoms with van der Waals surface area (Å²) in [6.45, 7) is 8.29. The highest BCUT2D eigenvalue weighted by Crippen LogP contribution is 2.40. The normalized spacial score (nSPS) is 22.3. The van der Waals surface area contributed by atoms with E-state index in [1.165, 1.54) is 0 Å². The molecule has 0 spiro atoms. The SMILES string of the molecule is COc1ccc(OC)c(C2OCCC2CNC(C)(C)C)c1. The molecule has 4 nitrogen and oxygen atoms in total. The van der Waals surface area contributed by atoms with Crippen LogP contribution in [0.1, 0.15) is 38.9 Å². The van der Waals surface area contributed by atoms with Crippen molar-refractivity contribution in [3.05, 3.63) is 23.8 Å². The van der Waals surface area contributed by atoms with Crippen LogP contribution in [0.3, 0.4) is 0 Å². The number of benzene rings is 1. The molecule has 1 saturated heterocycles. The van der Waals surface area contributed by atoms with Crippen molar-refractivity contribution >= 4 is 0 Å². The molecule has 1 fully saturated rings. The molecule has 0 aliphatic carbocycles. The second-order valence-corrected chi connectivity index (χ2v) is 6.58. The minimum Gasteiger partial charge on any atom is -0.497 e. The average molecular weight is 293 g/mol. The zero-order valence-corrected chi connectivity index (χ0v) is 13.7. The van der Waals surface area contributed by atoms with E-state index in [4.69, 9.17) is 14.2 Å². The van der Waals surface area contributed by atoms with Gasteiger partial charge in [0.25, 0.3) is 0 Å². The highest BCUT2D eigenvalue weighted by Gasteiger charge is 2.32. The van der Waals surface area contributed by atoms with Crippen LogP contribution < -0.4 is 14.8 Å². The van der Waals surface area contributed by atoms with Gasteiger partial charge in [-0.05, 0) is 45.4 Å². The molecular weight excluding hydrogens is 266 g/mol. The van der Waals surface area contributed by atoms with Gasteiger partial charge in [-0.2, -0.15) is 0 Å². The maximum absolute atomic E-state index is 5.98. The van der Waals surface area contributed by atoms with Gasteiger partial charge in [0.15, 0.2) is 0 Å². The number of rotatable bonds is 5. The fraction of sp³-hybridized carbons (Fsp3) is 0.647. The van der Waals surface area contributed by atoms with E-state index in [0.717, 1.165) is 36.6 Å². The van der Waals surface area contributed by atoms with Crippen LogP contribution in [-0.4, -0.2) is 32.9 Å². The van der Waals surface area contributed by atoms with Gasteiger partial charge >= 0.3 is 0 Å². The topological polar surface area (TPSA) is 39.7 Å². The van der Waals surface area contributed by atoms with Crippen molar-refractivity contribution in [3.8, 4) is 11.5 Å². The zero-order chi connectivity index (χ0) is 15.5.